The van der Waals surface area contributed by atoms with Gasteiger partial charge < -0.3 is 0 Å². The normalized spacial score (nSPS) is 21.9. The fraction of sp³-hybridized carbons (Fsp3) is 0.545. The van der Waals surface area contributed by atoms with E-state index in [0.29, 0.717) is 6.10 Å². The summed E-state index contributed by atoms with van der Waals surface area (Å²) < 4.78 is 5.64. The Morgan fingerprint density at radius 3 is 3.00 bits per heavy atom. The molecule has 0 bridgehead atoms. The molecule has 1 aliphatic heterocycles. The minimum atomic E-state index is 0.406. The second kappa shape index (κ2) is 5.27. The van der Waals surface area contributed by atoms with Crippen LogP contribution in [-0.4, -0.2) is 32.7 Å². The second-order valence-corrected chi connectivity index (χ2v) is 3.72. The van der Waals surface area contributed by atoms with Crippen LogP contribution < -0.4 is 5.32 Å². The van der Waals surface area contributed by atoms with Gasteiger partial charge in [0.05, 0.1) is 0 Å². The summed E-state index contributed by atoms with van der Waals surface area (Å²) in [5, 5.41) is 3.35. The van der Waals surface area contributed by atoms with Gasteiger partial charge in [0.25, 0.3) is 0 Å². The summed E-state index contributed by atoms with van der Waals surface area (Å²) in [5.74, 6) is 4.19. The third-order valence-electron chi connectivity index (χ3n) is 2.60. The van der Waals surface area contributed by atoms with Crippen molar-refractivity contribution in [2.75, 3.05) is 19.7 Å². The van der Waals surface area contributed by atoms with Gasteiger partial charge in [0, 0.05) is 0 Å². The van der Waals surface area contributed by atoms with Crippen molar-refractivity contribution in [2.24, 2.45) is 0 Å². The van der Waals surface area contributed by atoms with E-state index in [2.05, 4.69) is 36.3 Å². The van der Waals surface area contributed by atoms with E-state index in [0.717, 1.165) is 32.5 Å². The summed E-state index contributed by atoms with van der Waals surface area (Å²) in [6.07, 6.45) is 2.65. The van der Waals surface area contributed by atoms with Crippen molar-refractivity contribution in [3.63, 3.8) is 0 Å². The van der Waals surface area contributed by atoms with Crippen LogP contribution in [0.15, 0.2) is 24.1 Å². The van der Waals surface area contributed by atoms with Crippen LogP contribution in [-0.2, 0) is 11.2 Å². The van der Waals surface area contributed by atoms with Crippen LogP contribution in [0.25, 0.3) is 0 Å². The molecule has 1 aromatic heterocycles. The monoisotopic (exact) mass is 189 g/mol. The third kappa shape index (κ3) is 2.93. The second-order valence-electron chi connectivity index (χ2n) is 3.72. The van der Waals surface area contributed by atoms with Crippen LogP contribution in [0, 0.1) is 0 Å². The summed E-state index contributed by atoms with van der Waals surface area (Å²) in [6, 6.07) is 4.35. The molecule has 1 unspecified atom stereocenters. The fourth-order valence-corrected chi connectivity index (χ4v) is 1.78. The van der Waals surface area contributed by atoms with Crippen molar-refractivity contribution in [1.82, 2.24) is 5.32 Å². The minimum absolute atomic E-state index is 0.406. The van der Waals surface area contributed by atoms with Gasteiger partial charge in [0.2, 0.25) is 0 Å². The van der Waals surface area contributed by atoms with Crippen LogP contribution in [0.3, 0.4) is 0 Å². The number of ether oxygens (including phenoxy) is 1. The first kappa shape index (κ1) is 9.87. The van der Waals surface area contributed by atoms with Crippen molar-refractivity contribution in [2.45, 2.75) is 18.9 Å². The van der Waals surface area contributed by atoms with E-state index in [1.54, 1.807) is 0 Å². The summed E-state index contributed by atoms with van der Waals surface area (Å²) >= 11 is 0. The van der Waals surface area contributed by atoms with E-state index >= 15 is 0 Å². The molecule has 0 aliphatic carbocycles. The SMILES string of the molecule is b1ccc(CCC2CNCCO2)cc1. The molecule has 1 aromatic rings. The Balaban J connectivity index is 1.76. The van der Waals surface area contributed by atoms with E-state index in [1.807, 2.05) is 0 Å². The van der Waals surface area contributed by atoms with Crippen LogP contribution in [0.2, 0.25) is 0 Å². The first-order chi connectivity index (χ1) is 6.95. The predicted molar refractivity (Wildman–Crippen MR) is 58.7 cm³/mol. The van der Waals surface area contributed by atoms with E-state index in [9.17, 15) is 0 Å². The Kier molecular flexibility index (Phi) is 3.72. The molecule has 1 fully saturated rings. The van der Waals surface area contributed by atoms with Crippen molar-refractivity contribution in [3.05, 3.63) is 29.6 Å². The molecule has 14 heavy (non-hydrogen) atoms. The summed E-state index contributed by atoms with van der Waals surface area (Å²) in [5.41, 5.74) is 1.40. The number of hydrogen-bond acceptors (Lipinski definition) is 2. The Morgan fingerprint density at radius 2 is 2.29 bits per heavy atom. The molecule has 1 N–H and O–H groups in total. The number of morpholine rings is 1. The van der Waals surface area contributed by atoms with Crippen molar-refractivity contribution in [1.29, 1.82) is 0 Å². The van der Waals surface area contributed by atoms with Gasteiger partial charge in [-0.15, -0.1) is 0 Å². The van der Waals surface area contributed by atoms with Gasteiger partial charge in [0.1, 0.15) is 0 Å². The van der Waals surface area contributed by atoms with Gasteiger partial charge in [-0.3, -0.25) is 0 Å². The van der Waals surface area contributed by atoms with Gasteiger partial charge in [-0.05, 0) is 0 Å². The topological polar surface area (TPSA) is 21.3 Å². The maximum absolute atomic E-state index is 5.64. The van der Waals surface area contributed by atoms with Gasteiger partial charge in [-0.1, -0.05) is 0 Å². The van der Waals surface area contributed by atoms with Crippen LogP contribution in [0.4, 0.5) is 0 Å². The average molecular weight is 189 g/mol. The Labute approximate surface area is 85.9 Å². The quantitative estimate of drug-likeness (QED) is 0.764. The van der Waals surface area contributed by atoms with Gasteiger partial charge in [0.15, 0.2) is 0 Å². The fourth-order valence-electron chi connectivity index (χ4n) is 1.78. The molecule has 1 saturated heterocycles. The molecular weight excluding hydrogens is 173 g/mol. The van der Waals surface area contributed by atoms with Gasteiger partial charge >= 0.3 is 85.2 Å². The standard InChI is InChI=1S/C11H16BNO/c1(10-3-5-12-6-4-10)2-11-9-13-7-8-14-11/h3-6,11,13H,1-2,7-9H2. The zero-order valence-electron chi connectivity index (χ0n) is 8.41. The number of rotatable bonds is 3. The molecule has 0 amide bonds. The maximum atomic E-state index is 5.64. The molecular formula is C11H16BNO. The van der Waals surface area contributed by atoms with Crippen molar-refractivity contribution < 1.29 is 4.74 Å². The first-order valence-electron chi connectivity index (χ1n) is 5.31. The molecule has 2 rings (SSSR count). The number of hydrogen-bond donors (Lipinski definition) is 1. The Morgan fingerprint density at radius 1 is 1.43 bits per heavy atom. The first-order valence-corrected chi connectivity index (χ1v) is 5.31. The van der Waals surface area contributed by atoms with Crippen molar-refractivity contribution in [3.8, 4) is 0 Å². The molecule has 0 aromatic carbocycles. The molecule has 1 aliphatic rings. The Hall–Kier alpha value is -0.665. The molecule has 0 radical (unpaired) electrons. The predicted octanol–water partition coefficient (Wildman–Crippen LogP) is 0.946. The van der Waals surface area contributed by atoms with Crippen LogP contribution in [0.5, 0.6) is 0 Å². The van der Waals surface area contributed by atoms with E-state index < -0.39 is 0 Å². The van der Waals surface area contributed by atoms with Crippen molar-refractivity contribution >= 4 is 6.91 Å². The molecule has 74 valence electrons. The van der Waals surface area contributed by atoms with Crippen LogP contribution >= 0.6 is 0 Å². The molecule has 3 heteroatoms. The van der Waals surface area contributed by atoms with E-state index in [4.69, 9.17) is 4.74 Å². The number of aryl methyl sites for hydroxylation is 1. The zero-order valence-corrected chi connectivity index (χ0v) is 8.41. The molecule has 2 nitrogen and oxygen atoms in total. The number of nitrogens with one attached hydrogen (secondary N) is 1. The van der Waals surface area contributed by atoms with Gasteiger partial charge in [-0.2, -0.15) is 0 Å². The molecule has 0 saturated carbocycles. The van der Waals surface area contributed by atoms with Gasteiger partial charge in [-0.25, -0.2) is 0 Å². The summed E-state index contributed by atoms with van der Waals surface area (Å²) in [6.45, 7) is 4.93. The average Bonchev–Trinajstić information content (AvgIpc) is 2.29. The van der Waals surface area contributed by atoms with E-state index in [1.165, 1.54) is 5.56 Å². The van der Waals surface area contributed by atoms with Crippen LogP contribution in [0.1, 0.15) is 12.0 Å². The molecule has 2 heterocycles. The summed E-state index contributed by atoms with van der Waals surface area (Å²) in [7, 11) is 0. The molecule has 0 spiro atoms. The summed E-state index contributed by atoms with van der Waals surface area (Å²) in [4.78, 5) is 0. The third-order valence-corrected chi connectivity index (χ3v) is 2.60. The van der Waals surface area contributed by atoms with E-state index in [-0.39, 0.29) is 0 Å². The zero-order chi connectivity index (χ0) is 9.64. The Bertz CT molecular complexity index is 259. The molecule has 1 atom stereocenters.